The number of hydrogen-bond acceptors (Lipinski definition) is 3. The number of halogens is 2. The number of fused-ring (bicyclic) bond motifs is 2. The van der Waals surface area contributed by atoms with E-state index in [2.05, 4.69) is 46.5 Å². The van der Waals surface area contributed by atoms with Gasteiger partial charge in [0.15, 0.2) is 0 Å². The van der Waals surface area contributed by atoms with E-state index in [-0.39, 0.29) is 5.56 Å². The fraction of sp³-hybridized carbons (Fsp3) is 0.207. The molecule has 0 saturated heterocycles. The maximum absolute atomic E-state index is 13.5. The second-order valence-electron chi connectivity index (χ2n) is 8.85. The van der Waals surface area contributed by atoms with Crippen molar-refractivity contribution in [3.05, 3.63) is 109 Å². The minimum Gasteiger partial charge on any atom is -0.340 e. The summed E-state index contributed by atoms with van der Waals surface area (Å²) in [5.74, 6) is 0.672. The Morgan fingerprint density at radius 2 is 1.83 bits per heavy atom. The van der Waals surface area contributed by atoms with Gasteiger partial charge in [-0.1, -0.05) is 77.3 Å². The Labute approximate surface area is 223 Å². The van der Waals surface area contributed by atoms with Crippen LogP contribution in [0.5, 0.6) is 0 Å². The molecule has 0 spiro atoms. The molecule has 5 aromatic rings. The van der Waals surface area contributed by atoms with Crippen LogP contribution in [0.15, 0.2) is 81.1 Å². The van der Waals surface area contributed by atoms with Crippen LogP contribution < -0.4 is 5.56 Å². The second kappa shape index (κ2) is 10.4. The number of rotatable bonds is 7. The molecule has 182 valence electrons. The third-order valence-corrected chi connectivity index (χ3v) is 7.36. The van der Waals surface area contributed by atoms with Crippen LogP contribution in [0.25, 0.3) is 21.8 Å². The van der Waals surface area contributed by atoms with Crippen LogP contribution in [-0.4, -0.2) is 20.4 Å². The lowest BCUT2D eigenvalue weighted by atomic mass is 10.1. The average molecular weight is 562 g/mol. The number of hydrogen-bond donors (Lipinski definition) is 0. The van der Waals surface area contributed by atoms with E-state index in [4.69, 9.17) is 21.7 Å². The van der Waals surface area contributed by atoms with Crippen LogP contribution in [0.1, 0.15) is 42.4 Å². The van der Waals surface area contributed by atoms with Crippen LogP contribution in [0.4, 0.5) is 0 Å². The standard InChI is InChI=1S/C29H26BrClN4O/c1-3-4-13-28-33-26-15-14-21(30)16-23(26)29(36)35(28)32-17-24-19(2)34(27-12-8-6-10-22(24)27)18-20-9-5-7-11-25(20)31/h5-12,14-17H,3-4,13,18H2,1-2H3. The summed E-state index contributed by atoms with van der Waals surface area (Å²) >= 11 is 9.95. The minimum absolute atomic E-state index is 0.166. The van der Waals surface area contributed by atoms with Crippen molar-refractivity contribution in [3.8, 4) is 0 Å². The van der Waals surface area contributed by atoms with Crippen molar-refractivity contribution < 1.29 is 0 Å². The maximum Gasteiger partial charge on any atom is 0.282 e. The molecule has 0 atom stereocenters. The zero-order chi connectivity index (χ0) is 25.2. The summed E-state index contributed by atoms with van der Waals surface area (Å²) in [6, 6.07) is 21.7. The highest BCUT2D eigenvalue weighted by Crippen LogP contribution is 2.27. The Morgan fingerprint density at radius 1 is 1.06 bits per heavy atom. The lowest BCUT2D eigenvalue weighted by molar-refractivity contribution is 0.675. The first-order valence-electron chi connectivity index (χ1n) is 12.0. The summed E-state index contributed by atoms with van der Waals surface area (Å²) in [4.78, 5) is 18.3. The van der Waals surface area contributed by atoms with Crippen molar-refractivity contribution in [2.45, 2.75) is 39.7 Å². The highest BCUT2D eigenvalue weighted by molar-refractivity contribution is 9.10. The van der Waals surface area contributed by atoms with Gasteiger partial charge in [0.25, 0.3) is 5.56 Å². The van der Waals surface area contributed by atoms with Crippen molar-refractivity contribution in [1.29, 1.82) is 0 Å². The van der Waals surface area contributed by atoms with Crippen molar-refractivity contribution in [1.82, 2.24) is 14.2 Å². The van der Waals surface area contributed by atoms with Gasteiger partial charge >= 0.3 is 0 Å². The van der Waals surface area contributed by atoms with Gasteiger partial charge in [0.1, 0.15) is 5.82 Å². The van der Waals surface area contributed by atoms with E-state index in [1.54, 1.807) is 12.3 Å². The van der Waals surface area contributed by atoms with Gasteiger partial charge in [-0.15, -0.1) is 0 Å². The topological polar surface area (TPSA) is 52.2 Å². The Bertz CT molecular complexity index is 1670. The van der Waals surface area contributed by atoms with E-state index in [1.807, 2.05) is 48.5 Å². The number of nitrogens with zero attached hydrogens (tertiary/aromatic N) is 4. The van der Waals surface area contributed by atoms with Gasteiger partial charge in [0.2, 0.25) is 0 Å². The van der Waals surface area contributed by atoms with E-state index in [0.29, 0.717) is 29.7 Å². The van der Waals surface area contributed by atoms with Crippen molar-refractivity contribution in [3.63, 3.8) is 0 Å². The quantitative estimate of drug-likeness (QED) is 0.195. The molecular formula is C29H26BrClN4O. The molecule has 0 aliphatic heterocycles. The van der Waals surface area contributed by atoms with Gasteiger partial charge in [-0.25, -0.2) is 4.98 Å². The fourth-order valence-corrected chi connectivity index (χ4v) is 5.10. The molecule has 3 aromatic carbocycles. The zero-order valence-corrected chi connectivity index (χ0v) is 22.6. The highest BCUT2D eigenvalue weighted by atomic mass is 79.9. The molecule has 0 radical (unpaired) electrons. The molecule has 0 fully saturated rings. The Hall–Kier alpha value is -3.22. The van der Waals surface area contributed by atoms with Crippen LogP contribution >= 0.6 is 27.5 Å². The molecule has 0 unspecified atom stereocenters. The first-order valence-corrected chi connectivity index (χ1v) is 13.2. The summed E-state index contributed by atoms with van der Waals surface area (Å²) in [5.41, 5.74) is 4.69. The molecule has 0 N–H and O–H groups in total. The van der Waals surface area contributed by atoms with Gasteiger partial charge in [-0.2, -0.15) is 9.78 Å². The van der Waals surface area contributed by atoms with Gasteiger partial charge in [0.05, 0.1) is 17.1 Å². The van der Waals surface area contributed by atoms with Crippen molar-refractivity contribution in [2.75, 3.05) is 0 Å². The first-order chi connectivity index (χ1) is 17.5. The fourth-order valence-electron chi connectivity index (χ4n) is 4.55. The summed E-state index contributed by atoms with van der Waals surface area (Å²) in [5, 5.41) is 7.08. The molecule has 2 aromatic heterocycles. The molecular weight excluding hydrogens is 536 g/mol. The SMILES string of the molecule is CCCCc1nc2ccc(Br)cc2c(=O)n1N=Cc1c(C)n(Cc2ccccc2Cl)c2ccccc12. The van der Waals surface area contributed by atoms with Crippen LogP contribution in [-0.2, 0) is 13.0 Å². The summed E-state index contributed by atoms with van der Waals surface area (Å²) in [6.45, 7) is 4.85. The largest absolute Gasteiger partial charge is 0.340 e. The first kappa shape index (κ1) is 24.5. The molecule has 36 heavy (non-hydrogen) atoms. The van der Waals surface area contributed by atoms with Crippen LogP contribution in [0.2, 0.25) is 5.02 Å². The Balaban J connectivity index is 1.65. The van der Waals surface area contributed by atoms with E-state index >= 15 is 0 Å². The van der Waals surface area contributed by atoms with E-state index < -0.39 is 0 Å². The zero-order valence-electron chi connectivity index (χ0n) is 20.2. The van der Waals surface area contributed by atoms with E-state index in [1.165, 1.54) is 4.68 Å². The molecule has 5 nitrogen and oxygen atoms in total. The van der Waals surface area contributed by atoms with Crippen LogP contribution in [0.3, 0.4) is 0 Å². The van der Waals surface area contributed by atoms with Gasteiger partial charge in [-0.3, -0.25) is 4.79 Å². The molecule has 2 heterocycles. The van der Waals surface area contributed by atoms with Crippen LogP contribution in [0, 0.1) is 6.92 Å². The third-order valence-electron chi connectivity index (χ3n) is 6.50. The molecule has 0 saturated carbocycles. The maximum atomic E-state index is 13.5. The predicted molar refractivity (Wildman–Crippen MR) is 153 cm³/mol. The highest BCUT2D eigenvalue weighted by Gasteiger charge is 2.15. The minimum atomic E-state index is -0.166. The number of unbranched alkanes of at least 4 members (excludes halogenated alkanes) is 1. The number of aryl methyl sites for hydroxylation is 1. The smallest absolute Gasteiger partial charge is 0.282 e. The second-order valence-corrected chi connectivity index (χ2v) is 10.2. The molecule has 5 rings (SSSR count). The molecule has 0 aliphatic rings. The number of benzene rings is 3. The molecule has 7 heteroatoms. The number of aromatic nitrogens is 3. The summed E-state index contributed by atoms with van der Waals surface area (Å²) in [6.07, 6.45) is 4.41. The molecule has 0 amide bonds. The number of para-hydroxylation sites is 1. The Morgan fingerprint density at radius 3 is 2.64 bits per heavy atom. The van der Waals surface area contributed by atoms with Crippen molar-refractivity contribution >= 4 is 55.6 Å². The lowest BCUT2D eigenvalue weighted by Crippen LogP contribution is -2.22. The predicted octanol–water partition coefficient (Wildman–Crippen LogP) is 7.35. The van der Waals surface area contributed by atoms with Crippen molar-refractivity contribution in [2.24, 2.45) is 5.10 Å². The van der Waals surface area contributed by atoms with E-state index in [0.717, 1.165) is 50.1 Å². The lowest BCUT2D eigenvalue weighted by Gasteiger charge is -2.10. The summed E-state index contributed by atoms with van der Waals surface area (Å²) < 4.78 is 4.54. The van der Waals surface area contributed by atoms with Gasteiger partial charge in [0, 0.05) is 44.6 Å². The Kier molecular flexibility index (Phi) is 7.08. The van der Waals surface area contributed by atoms with Gasteiger partial charge in [-0.05, 0) is 49.2 Å². The average Bonchev–Trinajstić information content (AvgIpc) is 3.14. The van der Waals surface area contributed by atoms with Gasteiger partial charge < -0.3 is 4.57 Å². The monoisotopic (exact) mass is 560 g/mol. The summed E-state index contributed by atoms with van der Waals surface area (Å²) in [7, 11) is 0. The normalized spacial score (nSPS) is 11.8. The molecule has 0 aliphatic carbocycles. The third kappa shape index (κ3) is 4.63. The van der Waals surface area contributed by atoms with E-state index in [9.17, 15) is 4.79 Å². The molecule has 0 bridgehead atoms.